The summed E-state index contributed by atoms with van der Waals surface area (Å²) in [7, 11) is 0. The van der Waals surface area contributed by atoms with Crippen LogP contribution in [0.4, 0.5) is 5.69 Å². The summed E-state index contributed by atoms with van der Waals surface area (Å²) in [5.41, 5.74) is 7.71. The van der Waals surface area contributed by atoms with Gasteiger partial charge in [-0.1, -0.05) is 25.1 Å². The fourth-order valence-electron chi connectivity index (χ4n) is 1.21. The molecule has 0 fully saturated rings. The van der Waals surface area contributed by atoms with Crippen molar-refractivity contribution in [3.05, 3.63) is 29.8 Å². The number of benzene rings is 1. The van der Waals surface area contributed by atoms with Gasteiger partial charge in [0, 0.05) is 25.4 Å². The predicted molar refractivity (Wildman–Crippen MR) is 58.8 cm³/mol. The molecular formula is C11H18N2O. The third-order valence-electron chi connectivity index (χ3n) is 2.18. The maximum absolute atomic E-state index is 8.82. The van der Waals surface area contributed by atoms with Gasteiger partial charge in [0.2, 0.25) is 0 Å². The largest absolute Gasteiger partial charge is 0.398 e. The Hall–Kier alpha value is -1.06. The van der Waals surface area contributed by atoms with Crippen molar-refractivity contribution in [2.75, 3.05) is 18.9 Å². The molecule has 14 heavy (non-hydrogen) atoms. The van der Waals surface area contributed by atoms with Gasteiger partial charge in [0.25, 0.3) is 0 Å². The smallest absolute Gasteiger partial charge is 0.0468 e. The van der Waals surface area contributed by atoms with E-state index in [4.69, 9.17) is 10.8 Å². The van der Waals surface area contributed by atoms with Gasteiger partial charge >= 0.3 is 0 Å². The molecule has 1 atom stereocenters. The van der Waals surface area contributed by atoms with Crippen molar-refractivity contribution in [2.24, 2.45) is 5.92 Å². The minimum atomic E-state index is 0.220. The van der Waals surface area contributed by atoms with E-state index in [9.17, 15) is 0 Å². The second-order valence-corrected chi connectivity index (χ2v) is 3.62. The summed E-state index contributed by atoms with van der Waals surface area (Å²) in [6.45, 7) is 3.79. The van der Waals surface area contributed by atoms with Crippen molar-refractivity contribution in [1.29, 1.82) is 0 Å². The summed E-state index contributed by atoms with van der Waals surface area (Å²) >= 11 is 0. The number of rotatable bonds is 5. The minimum Gasteiger partial charge on any atom is -0.398 e. The number of nitrogens with one attached hydrogen (secondary N) is 1. The first-order valence-corrected chi connectivity index (χ1v) is 4.89. The Morgan fingerprint density at radius 2 is 2.14 bits per heavy atom. The fraction of sp³-hybridized carbons (Fsp3) is 0.455. The highest BCUT2D eigenvalue weighted by Crippen LogP contribution is 2.09. The lowest BCUT2D eigenvalue weighted by Crippen LogP contribution is -2.23. The van der Waals surface area contributed by atoms with Crippen LogP contribution in [0.1, 0.15) is 12.5 Å². The number of aliphatic hydroxyl groups is 1. The van der Waals surface area contributed by atoms with Gasteiger partial charge in [0.15, 0.2) is 0 Å². The van der Waals surface area contributed by atoms with Crippen LogP contribution in [0.15, 0.2) is 24.3 Å². The zero-order valence-corrected chi connectivity index (χ0v) is 8.53. The van der Waals surface area contributed by atoms with Crippen LogP contribution >= 0.6 is 0 Å². The number of hydrogen-bond donors (Lipinski definition) is 3. The lowest BCUT2D eigenvalue weighted by molar-refractivity contribution is 0.233. The van der Waals surface area contributed by atoms with E-state index in [-0.39, 0.29) is 6.61 Å². The van der Waals surface area contributed by atoms with E-state index in [1.807, 2.05) is 31.2 Å². The van der Waals surface area contributed by atoms with E-state index in [0.29, 0.717) is 5.92 Å². The van der Waals surface area contributed by atoms with Crippen molar-refractivity contribution >= 4 is 5.69 Å². The molecule has 3 nitrogen and oxygen atoms in total. The molecule has 0 aromatic heterocycles. The number of hydrogen-bond acceptors (Lipinski definition) is 3. The molecule has 4 N–H and O–H groups in total. The Kier molecular flexibility index (Phi) is 4.43. The Morgan fingerprint density at radius 1 is 1.43 bits per heavy atom. The topological polar surface area (TPSA) is 58.3 Å². The van der Waals surface area contributed by atoms with Crippen LogP contribution in [0.5, 0.6) is 0 Å². The quantitative estimate of drug-likeness (QED) is 0.613. The van der Waals surface area contributed by atoms with Crippen LogP contribution < -0.4 is 11.1 Å². The highest BCUT2D eigenvalue weighted by Gasteiger charge is 2.00. The molecular weight excluding hydrogens is 176 g/mol. The van der Waals surface area contributed by atoms with Crippen LogP contribution in [0.3, 0.4) is 0 Å². The molecule has 0 aliphatic heterocycles. The van der Waals surface area contributed by atoms with Crippen LogP contribution in [0.2, 0.25) is 0 Å². The zero-order valence-electron chi connectivity index (χ0n) is 8.53. The van der Waals surface area contributed by atoms with Gasteiger partial charge in [-0.2, -0.15) is 0 Å². The molecule has 1 aromatic carbocycles. The second-order valence-electron chi connectivity index (χ2n) is 3.62. The lowest BCUT2D eigenvalue weighted by atomic mass is 10.1. The second kappa shape index (κ2) is 5.62. The molecule has 1 unspecified atom stereocenters. The van der Waals surface area contributed by atoms with Crippen molar-refractivity contribution < 1.29 is 5.11 Å². The van der Waals surface area contributed by atoms with Crippen molar-refractivity contribution in [3.8, 4) is 0 Å². The van der Waals surface area contributed by atoms with E-state index < -0.39 is 0 Å². The molecule has 0 radical (unpaired) electrons. The van der Waals surface area contributed by atoms with E-state index >= 15 is 0 Å². The molecule has 3 heteroatoms. The normalized spacial score (nSPS) is 12.7. The molecule has 0 spiro atoms. The monoisotopic (exact) mass is 194 g/mol. The van der Waals surface area contributed by atoms with E-state index in [0.717, 1.165) is 24.3 Å². The molecule has 0 aliphatic carbocycles. The molecule has 78 valence electrons. The Bertz CT molecular complexity index is 276. The van der Waals surface area contributed by atoms with Crippen molar-refractivity contribution in [3.63, 3.8) is 0 Å². The first kappa shape index (κ1) is 11.0. The van der Waals surface area contributed by atoms with Crippen LogP contribution in [0, 0.1) is 5.92 Å². The fourth-order valence-corrected chi connectivity index (χ4v) is 1.21. The van der Waals surface area contributed by atoms with Crippen LogP contribution in [-0.2, 0) is 6.54 Å². The van der Waals surface area contributed by atoms with Gasteiger partial charge in [-0.05, 0) is 17.5 Å². The number of aliphatic hydroxyl groups excluding tert-OH is 1. The first-order chi connectivity index (χ1) is 6.74. The molecule has 0 amide bonds. The van der Waals surface area contributed by atoms with Crippen LogP contribution in [-0.4, -0.2) is 18.3 Å². The standard InChI is InChI=1S/C11H18N2O/c1-9(8-14)6-13-7-10-4-2-3-5-11(10)12/h2-5,9,13-14H,6-8,12H2,1H3. The third-order valence-corrected chi connectivity index (χ3v) is 2.18. The Labute approximate surface area is 84.9 Å². The van der Waals surface area contributed by atoms with E-state index in [2.05, 4.69) is 5.32 Å². The van der Waals surface area contributed by atoms with E-state index in [1.165, 1.54) is 0 Å². The number of nitrogens with two attached hydrogens (primary N) is 1. The molecule has 0 saturated carbocycles. The average molecular weight is 194 g/mol. The minimum absolute atomic E-state index is 0.220. The van der Waals surface area contributed by atoms with Crippen molar-refractivity contribution in [2.45, 2.75) is 13.5 Å². The molecule has 1 rings (SSSR count). The SMILES string of the molecule is CC(CO)CNCc1ccccc1N. The van der Waals surface area contributed by atoms with Gasteiger partial charge in [-0.3, -0.25) is 0 Å². The van der Waals surface area contributed by atoms with Crippen LogP contribution in [0.25, 0.3) is 0 Å². The van der Waals surface area contributed by atoms with Gasteiger partial charge in [0.1, 0.15) is 0 Å². The first-order valence-electron chi connectivity index (χ1n) is 4.89. The number of nitrogen functional groups attached to an aromatic ring is 1. The number of anilines is 1. The highest BCUT2D eigenvalue weighted by molar-refractivity contribution is 5.46. The summed E-state index contributed by atoms with van der Waals surface area (Å²) in [5.74, 6) is 0.292. The molecule has 0 aliphatic rings. The summed E-state index contributed by atoms with van der Waals surface area (Å²) in [4.78, 5) is 0. The Morgan fingerprint density at radius 3 is 2.79 bits per heavy atom. The summed E-state index contributed by atoms with van der Waals surface area (Å²) in [5, 5.41) is 12.1. The predicted octanol–water partition coefficient (Wildman–Crippen LogP) is 0.987. The van der Waals surface area contributed by atoms with Gasteiger partial charge in [0.05, 0.1) is 0 Å². The lowest BCUT2D eigenvalue weighted by Gasteiger charge is -2.10. The average Bonchev–Trinajstić information content (AvgIpc) is 2.20. The zero-order chi connectivity index (χ0) is 10.4. The molecule has 0 bridgehead atoms. The molecule has 1 aromatic rings. The van der Waals surface area contributed by atoms with Gasteiger partial charge in [-0.25, -0.2) is 0 Å². The van der Waals surface area contributed by atoms with Gasteiger partial charge < -0.3 is 16.2 Å². The summed E-state index contributed by atoms with van der Waals surface area (Å²) in [6, 6.07) is 7.80. The summed E-state index contributed by atoms with van der Waals surface area (Å²) < 4.78 is 0. The van der Waals surface area contributed by atoms with E-state index in [1.54, 1.807) is 0 Å². The molecule has 0 heterocycles. The van der Waals surface area contributed by atoms with Gasteiger partial charge in [-0.15, -0.1) is 0 Å². The maximum Gasteiger partial charge on any atom is 0.0468 e. The third kappa shape index (κ3) is 3.36. The summed E-state index contributed by atoms with van der Waals surface area (Å²) in [6.07, 6.45) is 0. The maximum atomic E-state index is 8.82. The Balaban J connectivity index is 2.35. The molecule has 0 saturated heterocycles. The highest BCUT2D eigenvalue weighted by atomic mass is 16.3. The van der Waals surface area contributed by atoms with Crippen molar-refractivity contribution in [1.82, 2.24) is 5.32 Å². The number of para-hydroxylation sites is 1.